The fraction of sp³-hybridized carbons (Fsp3) is 0.455. The molecule has 1 atom stereocenters. The first-order valence-corrected chi connectivity index (χ1v) is 5.98. The number of hydrogen-bond donors (Lipinski definition) is 1. The standard InChI is InChI=1S/C11H14N6O/c18-11(9-6-13-14-7-9)16-4-1-2-10(8-16)17-5-3-12-15-17/h3,5-7,10H,1-2,4,8H2,(H,13,14). The van der Waals surface area contributed by atoms with Crippen molar-refractivity contribution in [1.82, 2.24) is 30.1 Å². The fourth-order valence-electron chi connectivity index (χ4n) is 2.32. The Hall–Kier alpha value is -2.18. The molecule has 1 saturated heterocycles. The molecule has 1 unspecified atom stereocenters. The maximum atomic E-state index is 12.2. The second-order valence-corrected chi connectivity index (χ2v) is 4.42. The van der Waals surface area contributed by atoms with Gasteiger partial charge in [-0.15, -0.1) is 5.10 Å². The number of H-pyrrole nitrogens is 1. The molecule has 94 valence electrons. The minimum absolute atomic E-state index is 0.0218. The van der Waals surface area contributed by atoms with Crippen LogP contribution in [-0.2, 0) is 0 Å². The highest BCUT2D eigenvalue weighted by atomic mass is 16.2. The van der Waals surface area contributed by atoms with Gasteiger partial charge in [0.1, 0.15) is 0 Å². The Bertz CT molecular complexity index is 506. The highest BCUT2D eigenvalue weighted by Gasteiger charge is 2.26. The normalized spacial score (nSPS) is 20.0. The van der Waals surface area contributed by atoms with E-state index in [0.717, 1.165) is 19.4 Å². The lowest BCUT2D eigenvalue weighted by molar-refractivity contribution is 0.0672. The van der Waals surface area contributed by atoms with E-state index in [-0.39, 0.29) is 11.9 Å². The van der Waals surface area contributed by atoms with Crippen LogP contribution in [0.1, 0.15) is 29.2 Å². The van der Waals surface area contributed by atoms with Gasteiger partial charge in [0.2, 0.25) is 0 Å². The van der Waals surface area contributed by atoms with Crippen molar-refractivity contribution in [1.29, 1.82) is 0 Å². The fourth-order valence-corrected chi connectivity index (χ4v) is 2.32. The molecule has 0 bridgehead atoms. The lowest BCUT2D eigenvalue weighted by atomic mass is 10.1. The number of rotatable bonds is 2. The smallest absolute Gasteiger partial charge is 0.257 e. The molecule has 1 amide bonds. The van der Waals surface area contributed by atoms with Crippen molar-refractivity contribution in [2.24, 2.45) is 0 Å². The molecule has 0 aliphatic carbocycles. The number of piperidine rings is 1. The van der Waals surface area contributed by atoms with Gasteiger partial charge in [-0.3, -0.25) is 9.89 Å². The van der Waals surface area contributed by atoms with E-state index in [2.05, 4.69) is 20.5 Å². The van der Waals surface area contributed by atoms with Gasteiger partial charge in [-0.05, 0) is 12.8 Å². The number of carbonyl (C=O) groups is 1. The lowest BCUT2D eigenvalue weighted by Gasteiger charge is -2.32. The largest absolute Gasteiger partial charge is 0.336 e. The number of aromatic nitrogens is 5. The molecule has 1 N–H and O–H groups in total. The van der Waals surface area contributed by atoms with Crippen LogP contribution in [0.3, 0.4) is 0 Å². The third-order valence-corrected chi connectivity index (χ3v) is 3.24. The second kappa shape index (κ2) is 4.59. The molecule has 1 aliphatic heterocycles. The minimum atomic E-state index is 0.0218. The van der Waals surface area contributed by atoms with Gasteiger partial charge in [0.05, 0.1) is 24.0 Å². The maximum Gasteiger partial charge on any atom is 0.257 e. The van der Waals surface area contributed by atoms with E-state index in [1.807, 2.05) is 15.8 Å². The zero-order valence-electron chi connectivity index (χ0n) is 9.86. The minimum Gasteiger partial charge on any atom is -0.336 e. The van der Waals surface area contributed by atoms with Crippen LogP contribution in [0.25, 0.3) is 0 Å². The summed E-state index contributed by atoms with van der Waals surface area (Å²) in [7, 11) is 0. The number of hydrogen-bond acceptors (Lipinski definition) is 4. The summed E-state index contributed by atoms with van der Waals surface area (Å²) in [6, 6.07) is 0.220. The molecule has 0 spiro atoms. The van der Waals surface area contributed by atoms with Crippen LogP contribution < -0.4 is 0 Å². The van der Waals surface area contributed by atoms with Gasteiger partial charge in [0.25, 0.3) is 5.91 Å². The van der Waals surface area contributed by atoms with Gasteiger partial charge in [0, 0.05) is 25.5 Å². The molecular formula is C11H14N6O. The molecule has 1 aliphatic rings. The molecule has 3 rings (SSSR count). The molecule has 2 aromatic rings. The number of nitrogens with one attached hydrogen (secondary N) is 1. The van der Waals surface area contributed by atoms with Crippen LogP contribution >= 0.6 is 0 Å². The quantitative estimate of drug-likeness (QED) is 0.835. The molecule has 7 nitrogen and oxygen atoms in total. The van der Waals surface area contributed by atoms with Crippen LogP contribution in [0.5, 0.6) is 0 Å². The van der Waals surface area contributed by atoms with Gasteiger partial charge in [-0.1, -0.05) is 5.21 Å². The summed E-state index contributed by atoms with van der Waals surface area (Å²) < 4.78 is 1.83. The summed E-state index contributed by atoms with van der Waals surface area (Å²) in [4.78, 5) is 14.0. The third-order valence-electron chi connectivity index (χ3n) is 3.24. The molecule has 2 aromatic heterocycles. The van der Waals surface area contributed by atoms with Crippen molar-refractivity contribution in [3.05, 3.63) is 30.4 Å². The van der Waals surface area contributed by atoms with E-state index >= 15 is 0 Å². The van der Waals surface area contributed by atoms with E-state index in [4.69, 9.17) is 0 Å². The maximum absolute atomic E-state index is 12.2. The van der Waals surface area contributed by atoms with Gasteiger partial charge in [-0.25, -0.2) is 4.68 Å². The Morgan fingerprint density at radius 3 is 3.17 bits per heavy atom. The number of amides is 1. The van der Waals surface area contributed by atoms with E-state index < -0.39 is 0 Å². The number of likely N-dealkylation sites (tertiary alicyclic amines) is 1. The van der Waals surface area contributed by atoms with Crippen molar-refractivity contribution < 1.29 is 4.79 Å². The summed E-state index contributed by atoms with van der Waals surface area (Å²) in [5, 5.41) is 14.3. The number of nitrogens with zero attached hydrogens (tertiary/aromatic N) is 5. The Morgan fingerprint density at radius 2 is 2.44 bits per heavy atom. The van der Waals surface area contributed by atoms with Gasteiger partial charge < -0.3 is 4.90 Å². The average Bonchev–Trinajstić information content (AvgIpc) is 3.11. The summed E-state index contributed by atoms with van der Waals surface area (Å²) in [5.74, 6) is 0.0218. The summed E-state index contributed by atoms with van der Waals surface area (Å²) in [5.41, 5.74) is 0.606. The predicted molar refractivity (Wildman–Crippen MR) is 62.8 cm³/mol. The van der Waals surface area contributed by atoms with Crippen LogP contribution in [0, 0.1) is 0 Å². The Balaban J connectivity index is 1.73. The molecule has 7 heteroatoms. The van der Waals surface area contributed by atoms with Gasteiger partial charge in [-0.2, -0.15) is 5.10 Å². The Kier molecular flexibility index (Phi) is 2.79. The van der Waals surface area contributed by atoms with Crippen molar-refractivity contribution in [2.75, 3.05) is 13.1 Å². The van der Waals surface area contributed by atoms with Crippen LogP contribution in [0.4, 0.5) is 0 Å². The monoisotopic (exact) mass is 246 g/mol. The van der Waals surface area contributed by atoms with Gasteiger partial charge in [0.15, 0.2) is 0 Å². The second-order valence-electron chi connectivity index (χ2n) is 4.42. The van der Waals surface area contributed by atoms with Crippen molar-refractivity contribution in [3.8, 4) is 0 Å². The van der Waals surface area contributed by atoms with Crippen LogP contribution in [-0.4, -0.2) is 49.1 Å². The summed E-state index contributed by atoms with van der Waals surface area (Å²) >= 11 is 0. The zero-order chi connectivity index (χ0) is 12.4. The topological polar surface area (TPSA) is 79.7 Å². The number of aromatic amines is 1. The van der Waals surface area contributed by atoms with E-state index in [0.29, 0.717) is 12.1 Å². The van der Waals surface area contributed by atoms with Crippen molar-refractivity contribution in [2.45, 2.75) is 18.9 Å². The molecule has 0 saturated carbocycles. The molecule has 1 fully saturated rings. The highest BCUT2D eigenvalue weighted by molar-refractivity contribution is 5.93. The first-order chi connectivity index (χ1) is 8.84. The third kappa shape index (κ3) is 1.99. The zero-order valence-corrected chi connectivity index (χ0v) is 9.86. The Labute approximate surface area is 104 Å². The van der Waals surface area contributed by atoms with E-state index in [1.54, 1.807) is 18.6 Å². The van der Waals surface area contributed by atoms with E-state index in [1.165, 1.54) is 0 Å². The number of carbonyl (C=O) groups excluding carboxylic acids is 1. The molecule has 18 heavy (non-hydrogen) atoms. The molecule has 3 heterocycles. The van der Waals surface area contributed by atoms with Crippen LogP contribution in [0.15, 0.2) is 24.8 Å². The molecular weight excluding hydrogens is 232 g/mol. The summed E-state index contributed by atoms with van der Waals surface area (Å²) in [6.45, 7) is 1.46. The first kappa shape index (κ1) is 10.9. The molecule has 0 radical (unpaired) electrons. The molecule has 0 aromatic carbocycles. The van der Waals surface area contributed by atoms with Crippen molar-refractivity contribution in [3.63, 3.8) is 0 Å². The van der Waals surface area contributed by atoms with E-state index in [9.17, 15) is 4.79 Å². The van der Waals surface area contributed by atoms with Crippen LogP contribution in [0.2, 0.25) is 0 Å². The highest BCUT2D eigenvalue weighted by Crippen LogP contribution is 2.21. The first-order valence-electron chi connectivity index (χ1n) is 5.98. The summed E-state index contributed by atoms with van der Waals surface area (Å²) in [6.07, 6.45) is 8.70. The Morgan fingerprint density at radius 1 is 1.50 bits per heavy atom. The lowest BCUT2D eigenvalue weighted by Crippen LogP contribution is -2.40. The average molecular weight is 246 g/mol. The SMILES string of the molecule is O=C(c1cn[nH]c1)N1CCCC(n2ccnn2)C1. The van der Waals surface area contributed by atoms with Gasteiger partial charge >= 0.3 is 0 Å². The predicted octanol–water partition coefficient (Wildman–Crippen LogP) is 0.478. The van der Waals surface area contributed by atoms with Crippen molar-refractivity contribution >= 4 is 5.91 Å².